The van der Waals surface area contributed by atoms with Gasteiger partial charge in [-0.2, -0.15) is 0 Å². The molecule has 1 aliphatic heterocycles. The zero-order valence-electron chi connectivity index (χ0n) is 23.0. The van der Waals surface area contributed by atoms with E-state index in [1.807, 2.05) is 0 Å². The highest BCUT2D eigenvalue weighted by atomic mass is 35.5. The van der Waals surface area contributed by atoms with Crippen molar-refractivity contribution in [1.82, 2.24) is 4.57 Å². The molecule has 0 amide bonds. The molecule has 0 fully saturated rings. The van der Waals surface area contributed by atoms with Gasteiger partial charge in [-0.15, -0.1) is 0 Å². The number of halogens is 1. The number of thiazole rings is 1. The van der Waals surface area contributed by atoms with E-state index in [9.17, 15) is 19.5 Å². The lowest BCUT2D eigenvalue weighted by molar-refractivity contribution is -0.139. The zero-order chi connectivity index (χ0) is 30.1. The Labute approximate surface area is 248 Å². The third kappa shape index (κ3) is 5.24. The monoisotopic (exact) mass is 608 g/mol. The number of methoxy groups -OCH3 is 2. The van der Waals surface area contributed by atoms with Crippen LogP contribution in [-0.2, 0) is 9.53 Å². The van der Waals surface area contributed by atoms with E-state index in [2.05, 4.69) is 4.99 Å². The number of carboxylic acids is 1. The molecule has 2 aromatic carbocycles. The van der Waals surface area contributed by atoms with Crippen LogP contribution in [0.4, 0.5) is 0 Å². The van der Waals surface area contributed by atoms with E-state index in [-0.39, 0.29) is 28.3 Å². The number of allylic oxidation sites excluding steroid dienone is 1. The quantitative estimate of drug-likeness (QED) is 0.291. The first kappa shape index (κ1) is 28.9. The molecule has 1 atom stereocenters. The fraction of sp³-hybridized carbons (Fsp3) is 0.200. The standard InChI is InChI=1S/C30H25ClN2O8S/c1-5-40-29(37)25-15(2)32-30-33(26(25)20-10-7-17(38-3)13-23(20)39-4)27(34)24(42-30)14-18-8-11-22(41-18)16-6-9-19(28(35)36)21(31)12-16/h6-14,26H,5H2,1-4H3,(H,35,36)/b24-14+/t26-/m0/s1. The lowest BCUT2D eigenvalue weighted by atomic mass is 9.95. The molecular weight excluding hydrogens is 584 g/mol. The average Bonchev–Trinajstić information content (AvgIpc) is 3.56. The lowest BCUT2D eigenvalue weighted by Gasteiger charge is -2.26. The van der Waals surface area contributed by atoms with Crippen molar-refractivity contribution in [3.63, 3.8) is 0 Å². The van der Waals surface area contributed by atoms with Crippen LogP contribution in [0.1, 0.15) is 41.6 Å². The van der Waals surface area contributed by atoms with Gasteiger partial charge < -0.3 is 23.7 Å². The first-order valence-electron chi connectivity index (χ1n) is 12.7. The number of carboxylic acid groups (broad SMARTS) is 1. The maximum Gasteiger partial charge on any atom is 0.338 e. The van der Waals surface area contributed by atoms with Crippen molar-refractivity contribution in [3.05, 3.63) is 101 Å². The molecule has 2 aromatic heterocycles. The number of furan rings is 1. The van der Waals surface area contributed by atoms with Crippen LogP contribution in [0.5, 0.6) is 11.5 Å². The summed E-state index contributed by atoms with van der Waals surface area (Å²) in [6, 6.07) is 12.2. The number of carbonyl (C=O) groups is 2. The molecule has 0 unspecified atom stereocenters. The Morgan fingerprint density at radius 1 is 1.14 bits per heavy atom. The number of hydrogen-bond acceptors (Lipinski definition) is 9. The third-order valence-corrected chi connectivity index (χ3v) is 7.93. The van der Waals surface area contributed by atoms with Crippen molar-refractivity contribution in [3.8, 4) is 22.8 Å². The van der Waals surface area contributed by atoms with Crippen LogP contribution in [0.3, 0.4) is 0 Å². The third-order valence-electron chi connectivity index (χ3n) is 6.64. The molecule has 10 nitrogen and oxygen atoms in total. The maximum atomic E-state index is 13.9. The molecule has 216 valence electrons. The Bertz CT molecular complexity index is 1930. The number of aromatic nitrogens is 1. The van der Waals surface area contributed by atoms with Crippen molar-refractivity contribution in [1.29, 1.82) is 0 Å². The van der Waals surface area contributed by atoms with E-state index in [0.717, 1.165) is 11.3 Å². The number of ether oxygens (including phenoxy) is 3. The molecule has 4 aromatic rings. The zero-order valence-corrected chi connectivity index (χ0v) is 24.5. The van der Waals surface area contributed by atoms with Crippen molar-refractivity contribution in [2.45, 2.75) is 19.9 Å². The molecule has 5 rings (SSSR count). The van der Waals surface area contributed by atoms with Crippen LogP contribution in [0, 0.1) is 0 Å². The Kier molecular flexibility index (Phi) is 8.06. The molecule has 0 bridgehead atoms. The average molecular weight is 609 g/mol. The summed E-state index contributed by atoms with van der Waals surface area (Å²) in [5, 5.41) is 9.31. The molecule has 0 radical (unpaired) electrons. The van der Waals surface area contributed by atoms with E-state index >= 15 is 0 Å². The normalized spacial score (nSPS) is 14.8. The number of nitrogens with zero attached hydrogens (tertiary/aromatic N) is 2. The summed E-state index contributed by atoms with van der Waals surface area (Å²) in [5.41, 5.74) is 1.38. The largest absolute Gasteiger partial charge is 0.497 e. The van der Waals surface area contributed by atoms with Gasteiger partial charge in [0, 0.05) is 23.3 Å². The molecule has 42 heavy (non-hydrogen) atoms. The molecule has 1 N–H and O–H groups in total. The molecular formula is C30H25ClN2O8S. The molecule has 0 aliphatic carbocycles. The summed E-state index contributed by atoms with van der Waals surface area (Å²) in [5.74, 6) is 0.0819. The minimum absolute atomic E-state index is 0.0196. The summed E-state index contributed by atoms with van der Waals surface area (Å²) in [6.07, 6.45) is 1.59. The van der Waals surface area contributed by atoms with Crippen molar-refractivity contribution >= 4 is 41.0 Å². The van der Waals surface area contributed by atoms with E-state index in [1.54, 1.807) is 56.3 Å². The Morgan fingerprint density at radius 2 is 1.93 bits per heavy atom. The van der Waals surface area contributed by atoms with Gasteiger partial charge in [-0.1, -0.05) is 29.0 Å². The summed E-state index contributed by atoms with van der Waals surface area (Å²) < 4.78 is 24.0. The fourth-order valence-electron chi connectivity index (χ4n) is 4.69. The smallest absolute Gasteiger partial charge is 0.338 e. The van der Waals surface area contributed by atoms with E-state index in [0.29, 0.717) is 49.2 Å². The van der Waals surface area contributed by atoms with Crippen LogP contribution >= 0.6 is 22.9 Å². The Hall–Kier alpha value is -4.61. The minimum Gasteiger partial charge on any atom is -0.497 e. The van der Waals surface area contributed by atoms with Crippen molar-refractivity contribution in [2.75, 3.05) is 20.8 Å². The number of rotatable bonds is 8. The van der Waals surface area contributed by atoms with Crippen molar-refractivity contribution < 1.29 is 33.3 Å². The van der Waals surface area contributed by atoms with E-state index < -0.39 is 18.0 Å². The molecule has 0 saturated carbocycles. The fourth-order valence-corrected chi connectivity index (χ4v) is 5.97. The van der Waals surface area contributed by atoms with Crippen molar-refractivity contribution in [2.24, 2.45) is 4.99 Å². The van der Waals surface area contributed by atoms with Crippen LogP contribution < -0.4 is 24.4 Å². The van der Waals surface area contributed by atoms with Gasteiger partial charge in [0.1, 0.15) is 29.1 Å². The predicted octanol–water partition coefficient (Wildman–Crippen LogP) is 4.43. The Balaban J connectivity index is 1.64. The highest BCUT2D eigenvalue weighted by Gasteiger charge is 2.35. The van der Waals surface area contributed by atoms with Gasteiger partial charge in [-0.25, -0.2) is 14.6 Å². The van der Waals surface area contributed by atoms with Crippen LogP contribution in [0.25, 0.3) is 17.4 Å². The number of hydrogen-bond donors (Lipinski definition) is 1. The summed E-state index contributed by atoms with van der Waals surface area (Å²) in [6.45, 7) is 3.56. The lowest BCUT2D eigenvalue weighted by Crippen LogP contribution is -2.40. The highest BCUT2D eigenvalue weighted by Crippen LogP contribution is 2.37. The van der Waals surface area contributed by atoms with Gasteiger partial charge in [0.25, 0.3) is 5.56 Å². The van der Waals surface area contributed by atoms with Crippen LogP contribution in [-0.4, -0.2) is 42.4 Å². The molecule has 0 spiro atoms. The number of esters is 1. The molecule has 0 saturated heterocycles. The molecule has 3 heterocycles. The number of fused-ring (bicyclic) bond motifs is 1. The van der Waals surface area contributed by atoms with E-state index in [1.165, 1.54) is 30.9 Å². The summed E-state index contributed by atoms with van der Waals surface area (Å²) in [7, 11) is 3.03. The maximum absolute atomic E-state index is 13.9. The van der Waals surface area contributed by atoms with Gasteiger partial charge >= 0.3 is 11.9 Å². The molecule has 1 aliphatic rings. The highest BCUT2D eigenvalue weighted by molar-refractivity contribution is 7.07. The van der Waals surface area contributed by atoms with Gasteiger partial charge in [0.15, 0.2) is 4.80 Å². The van der Waals surface area contributed by atoms with Gasteiger partial charge in [0.2, 0.25) is 0 Å². The first-order valence-corrected chi connectivity index (χ1v) is 13.9. The first-order chi connectivity index (χ1) is 20.2. The number of benzene rings is 2. The minimum atomic E-state index is -1.13. The van der Waals surface area contributed by atoms with Crippen LogP contribution in [0.15, 0.2) is 74.0 Å². The second-order valence-corrected chi connectivity index (χ2v) is 10.5. The molecule has 12 heteroatoms. The Morgan fingerprint density at radius 3 is 2.60 bits per heavy atom. The number of aromatic carboxylic acids is 1. The number of carbonyl (C=O) groups excluding carboxylic acids is 1. The van der Waals surface area contributed by atoms with Crippen LogP contribution in [0.2, 0.25) is 5.02 Å². The topological polar surface area (TPSA) is 130 Å². The van der Waals surface area contributed by atoms with Gasteiger partial charge in [-0.3, -0.25) is 9.36 Å². The second kappa shape index (κ2) is 11.7. The van der Waals surface area contributed by atoms with Gasteiger partial charge in [-0.05, 0) is 50.2 Å². The van der Waals surface area contributed by atoms with Gasteiger partial charge in [0.05, 0.1) is 47.2 Å². The second-order valence-electron chi connectivity index (χ2n) is 9.11. The summed E-state index contributed by atoms with van der Waals surface area (Å²) >= 11 is 7.27. The SMILES string of the molecule is CCOC(=O)C1=C(C)N=c2s/c(=C/c3ccc(-c4ccc(C(=O)O)c(Cl)c4)o3)c(=O)n2[C@H]1c1ccc(OC)cc1OC. The summed E-state index contributed by atoms with van der Waals surface area (Å²) in [4.78, 5) is 43.3. The predicted molar refractivity (Wildman–Crippen MR) is 156 cm³/mol. The van der Waals surface area contributed by atoms with E-state index in [4.69, 9.17) is 30.2 Å².